The number of carboxylic acids is 1. The minimum atomic E-state index is -0.952. The first-order chi connectivity index (χ1) is 17.0. The van der Waals surface area contributed by atoms with Gasteiger partial charge in [-0.3, -0.25) is 4.90 Å². The number of rotatable bonds is 8. The van der Waals surface area contributed by atoms with E-state index in [0.29, 0.717) is 29.3 Å². The SMILES string of the molecule is O=C(O)c1cc2cnc(Nc3ccc(N4CCN(C[C@H](O)CO)CC4)cn3)nc2n1C1CCCC1. The van der Waals surface area contributed by atoms with Crippen molar-refractivity contribution >= 4 is 34.5 Å². The molecule has 4 heterocycles. The fourth-order valence-corrected chi connectivity index (χ4v) is 5.07. The molecule has 1 saturated carbocycles. The molecule has 186 valence electrons. The Kier molecular flexibility index (Phi) is 6.80. The Morgan fingerprint density at radius 2 is 1.89 bits per heavy atom. The largest absolute Gasteiger partial charge is 0.477 e. The maximum absolute atomic E-state index is 11.8. The Balaban J connectivity index is 1.28. The lowest BCUT2D eigenvalue weighted by molar-refractivity contribution is 0.0575. The van der Waals surface area contributed by atoms with Crippen LogP contribution < -0.4 is 10.2 Å². The molecule has 0 aromatic carbocycles. The third-order valence-electron chi connectivity index (χ3n) is 6.89. The summed E-state index contributed by atoms with van der Waals surface area (Å²) in [6.45, 7) is 3.51. The molecule has 4 N–H and O–H groups in total. The van der Waals surface area contributed by atoms with Gasteiger partial charge in [-0.1, -0.05) is 12.8 Å². The van der Waals surface area contributed by atoms with E-state index >= 15 is 0 Å². The number of β-amino-alcohol motifs (C(OH)–C–C–N with tert-alkyl or cyclic N) is 1. The lowest BCUT2D eigenvalue weighted by Crippen LogP contribution is -2.49. The van der Waals surface area contributed by atoms with Crippen LogP contribution in [0.4, 0.5) is 17.5 Å². The van der Waals surface area contributed by atoms with Crippen LogP contribution in [0.3, 0.4) is 0 Å². The van der Waals surface area contributed by atoms with Gasteiger partial charge in [0, 0.05) is 50.3 Å². The second kappa shape index (κ2) is 10.1. The zero-order chi connectivity index (χ0) is 24.4. The van der Waals surface area contributed by atoms with Crippen molar-refractivity contribution in [1.82, 2.24) is 24.4 Å². The number of nitrogens with one attached hydrogen (secondary N) is 1. The van der Waals surface area contributed by atoms with Crippen molar-refractivity contribution in [3.05, 3.63) is 36.3 Å². The van der Waals surface area contributed by atoms with Gasteiger partial charge in [0.15, 0.2) is 0 Å². The molecule has 5 rings (SSSR count). The smallest absolute Gasteiger partial charge is 0.352 e. The number of carboxylic acid groups (broad SMARTS) is 1. The topological polar surface area (TPSA) is 140 Å². The first kappa shape index (κ1) is 23.5. The number of anilines is 3. The maximum atomic E-state index is 11.8. The zero-order valence-electron chi connectivity index (χ0n) is 19.5. The molecular weight excluding hydrogens is 450 g/mol. The summed E-state index contributed by atoms with van der Waals surface area (Å²) >= 11 is 0. The van der Waals surface area contributed by atoms with Crippen molar-refractivity contribution in [3.8, 4) is 0 Å². The number of hydrogen-bond acceptors (Lipinski definition) is 9. The summed E-state index contributed by atoms with van der Waals surface area (Å²) in [5, 5.41) is 32.2. The molecule has 3 aromatic rings. The normalized spacial score (nSPS) is 18.3. The number of nitrogens with zero attached hydrogens (tertiary/aromatic N) is 6. The van der Waals surface area contributed by atoms with E-state index in [1.165, 1.54) is 0 Å². The van der Waals surface area contributed by atoms with Gasteiger partial charge in [-0.25, -0.2) is 14.8 Å². The van der Waals surface area contributed by atoms with E-state index in [9.17, 15) is 15.0 Å². The molecule has 2 aliphatic rings. The van der Waals surface area contributed by atoms with Crippen LogP contribution in [-0.4, -0.2) is 91.1 Å². The molecule has 2 fully saturated rings. The van der Waals surface area contributed by atoms with Crippen LogP contribution in [-0.2, 0) is 0 Å². The van der Waals surface area contributed by atoms with E-state index in [1.54, 1.807) is 12.3 Å². The molecule has 35 heavy (non-hydrogen) atoms. The summed E-state index contributed by atoms with van der Waals surface area (Å²) in [6, 6.07) is 5.67. The second-order valence-electron chi connectivity index (χ2n) is 9.27. The molecule has 0 radical (unpaired) electrons. The highest BCUT2D eigenvalue weighted by molar-refractivity contribution is 5.93. The van der Waals surface area contributed by atoms with Crippen LogP contribution in [0.25, 0.3) is 11.0 Å². The molecule has 0 bridgehead atoms. The van der Waals surface area contributed by atoms with Gasteiger partial charge in [-0.15, -0.1) is 0 Å². The van der Waals surface area contributed by atoms with Crippen molar-refractivity contribution in [2.45, 2.75) is 37.8 Å². The van der Waals surface area contributed by atoms with Crippen LogP contribution in [0, 0.1) is 0 Å². The molecule has 11 heteroatoms. The van der Waals surface area contributed by atoms with Crippen molar-refractivity contribution in [1.29, 1.82) is 0 Å². The molecule has 0 unspecified atom stereocenters. The number of aliphatic hydroxyl groups is 2. The van der Waals surface area contributed by atoms with Crippen LogP contribution in [0.5, 0.6) is 0 Å². The Hall–Kier alpha value is -3.28. The Bertz CT molecular complexity index is 1170. The summed E-state index contributed by atoms with van der Waals surface area (Å²) in [6.07, 6.45) is 6.86. The van der Waals surface area contributed by atoms with Crippen LogP contribution in [0.1, 0.15) is 42.2 Å². The Morgan fingerprint density at radius 1 is 1.11 bits per heavy atom. The third kappa shape index (κ3) is 5.07. The maximum Gasteiger partial charge on any atom is 0.352 e. The number of pyridine rings is 1. The summed E-state index contributed by atoms with van der Waals surface area (Å²) in [4.78, 5) is 29.8. The average Bonchev–Trinajstić information content (AvgIpc) is 3.52. The summed E-state index contributed by atoms with van der Waals surface area (Å²) < 4.78 is 1.85. The standard InChI is InChI=1S/C24H31N7O4/c32-15-19(33)14-29-7-9-30(10-8-29)18-5-6-21(25-13-18)27-24-26-12-16-11-20(23(34)35)31(22(16)28-24)17-3-1-2-4-17/h5-6,11-13,17,19,32-33H,1-4,7-10,14-15H2,(H,34,35)(H,25,26,27,28)/t19-/m0/s1. The highest BCUT2D eigenvalue weighted by Crippen LogP contribution is 2.34. The molecule has 1 aliphatic carbocycles. The van der Waals surface area contributed by atoms with E-state index < -0.39 is 12.1 Å². The van der Waals surface area contributed by atoms with E-state index in [2.05, 4.69) is 30.1 Å². The number of aromatic carboxylic acids is 1. The van der Waals surface area contributed by atoms with Gasteiger partial charge in [0.25, 0.3) is 0 Å². The summed E-state index contributed by atoms with van der Waals surface area (Å²) in [5.41, 5.74) is 1.90. The minimum Gasteiger partial charge on any atom is -0.477 e. The molecule has 3 aromatic heterocycles. The van der Waals surface area contributed by atoms with E-state index in [1.807, 2.05) is 22.9 Å². The van der Waals surface area contributed by atoms with Crippen LogP contribution >= 0.6 is 0 Å². The molecule has 1 atom stereocenters. The van der Waals surface area contributed by atoms with Gasteiger partial charge in [0.1, 0.15) is 17.2 Å². The van der Waals surface area contributed by atoms with Gasteiger partial charge in [0.2, 0.25) is 5.95 Å². The van der Waals surface area contributed by atoms with E-state index in [0.717, 1.165) is 57.5 Å². The molecule has 0 spiro atoms. The van der Waals surface area contributed by atoms with Gasteiger partial charge >= 0.3 is 5.97 Å². The van der Waals surface area contributed by atoms with Crippen molar-refractivity contribution in [2.75, 3.05) is 49.5 Å². The van der Waals surface area contributed by atoms with Crippen molar-refractivity contribution in [2.24, 2.45) is 0 Å². The Labute approximate surface area is 203 Å². The first-order valence-corrected chi connectivity index (χ1v) is 12.1. The van der Waals surface area contributed by atoms with Gasteiger partial charge in [0.05, 0.1) is 24.6 Å². The molecule has 0 amide bonds. The number of carbonyl (C=O) groups is 1. The fourth-order valence-electron chi connectivity index (χ4n) is 5.07. The predicted octanol–water partition coefficient (Wildman–Crippen LogP) is 1.86. The monoisotopic (exact) mass is 481 g/mol. The van der Waals surface area contributed by atoms with Gasteiger partial charge < -0.3 is 30.1 Å². The summed E-state index contributed by atoms with van der Waals surface area (Å²) in [5.74, 6) is 0.0328. The molecule has 1 aliphatic heterocycles. The number of aromatic nitrogens is 4. The molecular formula is C24H31N7O4. The third-order valence-corrected chi connectivity index (χ3v) is 6.89. The molecule has 1 saturated heterocycles. The second-order valence-corrected chi connectivity index (χ2v) is 9.27. The number of fused-ring (bicyclic) bond motifs is 1. The van der Waals surface area contributed by atoms with Gasteiger partial charge in [-0.05, 0) is 31.0 Å². The first-order valence-electron chi connectivity index (χ1n) is 12.1. The van der Waals surface area contributed by atoms with E-state index in [4.69, 9.17) is 5.11 Å². The number of aliphatic hydroxyl groups excluding tert-OH is 2. The van der Waals surface area contributed by atoms with Crippen molar-refractivity contribution in [3.63, 3.8) is 0 Å². The zero-order valence-corrected chi connectivity index (χ0v) is 19.5. The predicted molar refractivity (Wildman–Crippen MR) is 131 cm³/mol. The summed E-state index contributed by atoms with van der Waals surface area (Å²) in [7, 11) is 0. The van der Waals surface area contributed by atoms with E-state index in [-0.39, 0.29) is 18.3 Å². The minimum absolute atomic E-state index is 0.145. The lowest BCUT2D eigenvalue weighted by Gasteiger charge is -2.36. The lowest BCUT2D eigenvalue weighted by atomic mass is 10.2. The van der Waals surface area contributed by atoms with Crippen molar-refractivity contribution < 1.29 is 20.1 Å². The van der Waals surface area contributed by atoms with Crippen LogP contribution in [0.15, 0.2) is 30.6 Å². The highest BCUT2D eigenvalue weighted by Gasteiger charge is 2.25. The molecule has 11 nitrogen and oxygen atoms in total. The Morgan fingerprint density at radius 3 is 2.54 bits per heavy atom. The van der Waals surface area contributed by atoms with Crippen LogP contribution in [0.2, 0.25) is 0 Å². The quantitative estimate of drug-likeness (QED) is 0.377. The van der Waals surface area contributed by atoms with Gasteiger partial charge in [-0.2, -0.15) is 4.98 Å². The fraction of sp³-hybridized carbons (Fsp3) is 0.500. The number of piperazine rings is 1. The number of hydrogen-bond donors (Lipinski definition) is 4. The highest BCUT2D eigenvalue weighted by atomic mass is 16.4. The average molecular weight is 482 g/mol.